The maximum atomic E-state index is 12.9. The Morgan fingerprint density at radius 2 is 2.21 bits per heavy atom. The molecule has 0 amide bonds. The van der Waals surface area contributed by atoms with Gasteiger partial charge in [-0.2, -0.15) is 0 Å². The number of anilines is 1. The summed E-state index contributed by atoms with van der Waals surface area (Å²) in [6.45, 7) is 2.39. The number of aliphatic carboxylic acids is 1. The molecule has 104 valence electrons. The molecule has 4 nitrogen and oxygen atoms in total. The highest BCUT2D eigenvalue weighted by atomic mass is 19.1. The van der Waals surface area contributed by atoms with Gasteiger partial charge in [0, 0.05) is 25.1 Å². The third kappa shape index (κ3) is 3.04. The molecule has 0 radical (unpaired) electrons. The molecule has 2 unspecified atom stereocenters. The van der Waals surface area contributed by atoms with Gasteiger partial charge >= 0.3 is 5.97 Å². The van der Waals surface area contributed by atoms with Crippen molar-refractivity contribution < 1.29 is 19.0 Å². The number of rotatable bonds is 4. The van der Waals surface area contributed by atoms with Crippen LogP contribution < -0.4 is 5.32 Å². The van der Waals surface area contributed by atoms with E-state index in [4.69, 9.17) is 4.74 Å². The molecule has 1 aromatic rings. The Hall–Kier alpha value is -1.62. The standard InChI is InChI=1S/C14H18FNO3/c1-2-12-9-14(13(17)18,7-8-19-12)16-11-5-3-10(15)4-6-11/h3-6,12,16H,2,7-9H2,1H3,(H,17,18). The number of carbonyl (C=O) groups is 1. The third-order valence-electron chi connectivity index (χ3n) is 3.55. The van der Waals surface area contributed by atoms with Crippen LogP contribution in [0.15, 0.2) is 24.3 Å². The van der Waals surface area contributed by atoms with E-state index in [1.54, 1.807) is 12.1 Å². The van der Waals surface area contributed by atoms with Crippen molar-refractivity contribution in [3.63, 3.8) is 0 Å². The Balaban J connectivity index is 2.19. The van der Waals surface area contributed by atoms with Crippen molar-refractivity contribution in [3.05, 3.63) is 30.1 Å². The molecule has 1 aromatic carbocycles. The van der Waals surface area contributed by atoms with Crippen molar-refractivity contribution in [2.75, 3.05) is 11.9 Å². The van der Waals surface area contributed by atoms with Gasteiger partial charge in [0.1, 0.15) is 11.4 Å². The smallest absolute Gasteiger partial charge is 0.329 e. The van der Waals surface area contributed by atoms with E-state index in [-0.39, 0.29) is 11.9 Å². The van der Waals surface area contributed by atoms with Crippen LogP contribution in [-0.2, 0) is 9.53 Å². The number of carboxylic acids is 1. The summed E-state index contributed by atoms with van der Waals surface area (Å²) in [6, 6.07) is 5.73. The van der Waals surface area contributed by atoms with Crippen molar-refractivity contribution in [2.24, 2.45) is 0 Å². The summed E-state index contributed by atoms with van der Waals surface area (Å²) in [6.07, 6.45) is 1.53. The summed E-state index contributed by atoms with van der Waals surface area (Å²) in [5, 5.41) is 12.6. The van der Waals surface area contributed by atoms with Crippen LogP contribution in [0, 0.1) is 5.82 Å². The van der Waals surface area contributed by atoms with Crippen LogP contribution in [0.4, 0.5) is 10.1 Å². The minimum absolute atomic E-state index is 0.0576. The van der Waals surface area contributed by atoms with E-state index >= 15 is 0 Å². The van der Waals surface area contributed by atoms with Gasteiger partial charge < -0.3 is 15.2 Å². The lowest BCUT2D eigenvalue weighted by atomic mass is 9.85. The first kappa shape index (κ1) is 13.8. The summed E-state index contributed by atoms with van der Waals surface area (Å²) in [5.74, 6) is -1.23. The monoisotopic (exact) mass is 267 g/mol. The first-order chi connectivity index (χ1) is 9.05. The molecule has 1 aliphatic rings. The molecule has 0 bridgehead atoms. The van der Waals surface area contributed by atoms with Crippen molar-refractivity contribution in [3.8, 4) is 0 Å². The summed E-state index contributed by atoms with van der Waals surface area (Å²) in [5.41, 5.74) is -0.419. The second kappa shape index (κ2) is 5.57. The van der Waals surface area contributed by atoms with Crippen molar-refractivity contribution >= 4 is 11.7 Å². The Morgan fingerprint density at radius 3 is 2.79 bits per heavy atom. The molecular formula is C14H18FNO3. The van der Waals surface area contributed by atoms with E-state index in [2.05, 4.69) is 5.32 Å². The van der Waals surface area contributed by atoms with Gasteiger partial charge in [0.2, 0.25) is 0 Å². The van der Waals surface area contributed by atoms with E-state index in [9.17, 15) is 14.3 Å². The lowest BCUT2D eigenvalue weighted by molar-refractivity contribution is -0.148. The predicted molar refractivity (Wildman–Crippen MR) is 69.7 cm³/mol. The molecule has 1 heterocycles. The predicted octanol–water partition coefficient (Wildman–Crippen LogP) is 2.65. The van der Waals surface area contributed by atoms with Gasteiger partial charge in [-0.15, -0.1) is 0 Å². The van der Waals surface area contributed by atoms with Crippen LogP contribution in [-0.4, -0.2) is 29.3 Å². The van der Waals surface area contributed by atoms with E-state index in [1.165, 1.54) is 12.1 Å². The van der Waals surface area contributed by atoms with E-state index < -0.39 is 11.5 Å². The first-order valence-corrected chi connectivity index (χ1v) is 6.44. The summed E-state index contributed by atoms with van der Waals surface area (Å²) >= 11 is 0. The molecule has 2 N–H and O–H groups in total. The zero-order chi connectivity index (χ0) is 13.9. The highest BCUT2D eigenvalue weighted by Gasteiger charge is 2.43. The maximum Gasteiger partial charge on any atom is 0.329 e. The van der Waals surface area contributed by atoms with Crippen LogP contribution in [0.25, 0.3) is 0 Å². The number of carboxylic acid groups (broad SMARTS) is 1. The largest absolute Gasteiger partial charge is 0.480 e. The molecule has 0 saturated carbocycles. The Labute approximate surface area is 111 Å². The molecule has 2 rings (SSSR count). The summed E-state index contributed by atoms with van der Waals surface area (Å²) in [4.78, 5) is 11.6. The van der Waals surface area contributed by atoms with Crippen LogP contribution in [0.1, 0.15) is 26.2 Å². The number of hydrogen-bond donors (Lipinski definition) is 2. The molecule has 0 aromatic heterocycles. The van der Waals surface area contributed by atoms with Gasteiger partial charge in [-0.1, -0.05) is 6.92 Å². The summed E-state index contributed by atoms with van der Waals surface area (Å²) in [7, 11) is 0. The highest BCUT2D eigenvalue weighted by Crippen LogP contribution is 2.30. The second-order valence-corrected chi connectivity index (χ2v) is 4.87. The zero-order valence-electron chi connectivity index (χ0n) is 10.9. The van der Waals surface area contributed by atoms with Crippen molar-refractivity contribution in [2.45, 2.75) is 37.8 Å². The lowest BCUT2D eigenvalue weighted by Crippen LogP contribution is -2.52. The van der Waals surface area contributed by atoms with Crippen LogP contribution >= 0.6 is 0 Å². The third-order valence-corrected chi connectivity index (χ3v) is 3.55. The molecule has 0 aliphatic carbocycles. The number of hydrogen-bond acceptors (Lipinski definition) is 3. The van der Waals surface area contributed by atoms with Crippen LogP contribution in [0.5, 0.6) is 0 Å². The normalized spacial score (nSPS) is 26.9. The minimum Gasteiger partial charge on any atom is -0.480 e. The molecule has 2 atom stereocenters. The van der Waals surface area contributed by atoms with Crippen LogP contribution in [0.3, 0.4) is 0 Å². The van der Waals surface area contributed by atoms with Gasteiger partial charge in [0.25, 0.3) is 0 Å². The average Bonchev–Trinajstić information content (AvgIpc) is 2.41. The second-order valence-electron chi connectivity index (χ2n) is 4.87. The number of halogens is 1. The van der Waals surface area contributed by atoms with Crippen molar-refractivity contribution in [1.29, 1.82) is 0 Å². The van der Waals surface area contributed by atoms with E-state index in [1.807, 2.05) is 6.92 Å². The number of nitrogens with one attached hydrogen (secondary N) is 1. The Morgan fingerprint density at radius 1 is 1.53 bits per heavy atom. The maximum absolute atomic E-state index is 12.9. The molecule has 0 spiro atoms. The molecule has 1 fully saturated rings. The average molecular weight is 267 g/mol. The van der Waals surface area contributed by atoms with E-state index in [0.29, 0.717) is 25.1 Å². The van der Waals surface area contributed by atoms with Gasteiger partial charge in [-0.05, 0) is 30.7 Å². The summed E-state index contributed by atoms with van der Waals surface area (Å²) < 4.78 is 18.4. The molecule has 1 aliphatic heterocycles. The molecular weight excluding hydrogens is 249 g/mol. The molecule has 5 heteroatoms. The van der Waals surface area contributed by atoms with Gasteiger partial charge in [-0.25, -0.2) is 9.18 Å². The van der Waals surface area contributed by atoms with E-state index in [0.717, 1.165) is 6.42 Å². The van der Waals surface area contributed by atoms with Gasteiger partial charge in [-0.3, -0.25) is 0 Å². The van der Waals surface area contributed by atoms with Crippen molar-refractivity contribution in [1.82, 2.24) is 0 Å². The quantitative estimate of drug-likeness (QED) is 0.880. The first-order valence-electron chi connectivity index (χ1n) is 6.44. The fraction of sp³-hybridized carbons (Fsp3) is 0.500. The fourth-order valence-electron chi connectivity index (χ4n) is 2.38. The SMILES string of the molecule is CCC1CC(Nc2ccc(F)cc2)(C(=O)O)CCO1. The Bertz CT molecular complexity index is 449. The van der Waals surface area contributed by atoms with Crippen LogP contribution in [0.2, 0.25) is 0 Å². The molecule has 1 saturated heterocycles. The lowest BCUT2D eigenvalue weighted by Gasteiger charge is -2.38. The number of ether oxygens (including phenoxy) is 1. The minimum atomic E-state index is -1.03. The molecule has 19 heavy (non-hydrogen) atoms. The zero-order valence-corrected chi connectivity index (χ0v) is 10.9. The topological polar surface area (TPSA) is 58.6 Å². The Kier molecular flexibility index (Phi) is 4.04. The highest BCUT2D eigenvalue weighted by molar-refractivity contribution is 5.83. The number of benzene rings is 1. The van der Waals surface area contributed by atoms with Gasteiger partial charge in [0.05, 0.1) is 6.10 Å². The fourth-order valence-corrected chi connectivity index (χ4v) is 2.38. The van der Waals surface area contributed by atoms with Gasteiger partial charge in [0.15, 0.2) is 0 Å².